The molecule has 0 N–H and O–H groups in total. The molecule has 0 spiro atoms. The fourth-order valence-corrected chi connectivity index (χ4v) is 2.88. The van der Waals surface area contributed by atoms with Crippen LogP contribution in [-0.4, -0.2) is 75.6 Å². The molecule has 7 heteroatoms. The summed E-state index contributed by atoms with van der Waals surface area (Å²) in [6.45, 7) is 5.10. The number of anilines is 1. The first-order chi connectivity index (χ1) is 12.0. The molecule has 25 heavy (non-hydrogen) atoms. The summed E-state index contributed by atoms with van der Waals surface area (Å²) in [4.78, 5) is 30.1. The van der Waals surface area contributed by atoms with Crippen LogP contribution < -0.4 is 14.4 Å². The molecule has 0 bridgehead atoms. The van der Waals surface area contributed by atoms with Crippen LogP contribution in [0.5, 0.6) is 11.5 Å². The fraction of sp³-hybridized carbons (Fsp3) is 0.556. The topological polar surface area (TPSA) is 62.3 Å². The smallest absolute Gasteiger partial charge is 0.224 e. The van der Waals surface area contributed by atoms with E-state index in [1.807, 2.05) is 4.90 Å². The average molecular weight is 349 g/mol. The number of amides is 2. The zero-order valence-electron chi connectivity index (χ0n) is 15.4. The third-order valence-electron chi connectivity index (χ3n) is 4.46. The highest BCUT2D eigenvalue weighted by Crippen LogP contribution is 2.31. The standard InChI is InChI=1S/C18H27N3O4/c1-14(22)21(15-5-6-16(24-3)17(13-15)25-4)8-7-18(23)20-11-9-19(2)10-12-20/h5-6,13H,7-12H2,1-4H3. The Kier molecular flexibility index (Phi) is 6.64. The van der Waals surface area contributed by atoms with Gasteiger partial charge >= 0.3 is 0 Å². The lowest BCUT2D eigenvalue weighted by Crippen LogP contribution is -2.47. The number of hydrogen-bond acceptors (Lipinski definition) is 5. The summed E-state index contributed by atoms with van der Waals surface area (Å²) in [5, 5.41) is 0. The van der Waals surface area contributed by atoms with E-state index in [1.165, 1.54) is 6.92 Å². The van der Waals surface area contributed by atoms with Crippen molar-refractivity contribution in [2.45, 2.75) is 13.3 Å². The number of piperazine rings is 1. The molecule has 0 atom stereocenters. The van der Waals surface area contributed by atoms with Gasteiger partial charge in [0.25, 0.3) is 0 Å². The minimum Gasteiger partial charge on any atom is -0.493 e. The third-order valence-corrected chi connectivity index (χ3v) is 4.46. The van der Waals surface area contributed by atoms with Crippen LogP contribution >= 0.6 is 0 Å². The summed E-state index contributed by atoms with van der Waals surface area (Å²) in [5.41, 5.74) is 0.691. The zero-order chi connectivity index (χ0) is 18.4. The number of nitrogens with zero attached hydrogens (tertiary/aromatic N) is 3. The van der Waals surface area contributed by atoms with E-state index in [0.717, 1.165) is 26.2 Å². The number of rotatable bonds is 6. The molecule has 0 unspecified atom stereocenters. The first-order valence-electron chi connectivity index (χ1n) is 8.42. The second kappa shape index (κ2) is 8.71. The molecule has 0 saturated carbocycles. The Morgan fingerprint density at radius 3 is 2.28 bits per heavy atom. The Balaban J connectivity index is 2.04. The van der Waals surface area contributed by atoms with Crippen molar-refractivity contribution in [2.24, 2.45) is 0 Å². The van der Waals surface area contributed by atoms with E-state index in [0.29, 0.717) is 30.2 Å². The summed E-state index contributed by atoms with van der Waals surface area (Å²) >= 11 is 0. The van der Waals surface area contributed by atoms with Crippen LogP contribution in [0.1, 0.15) is 13.3 Å². The minimum atomic E-state index is -0.113. The zero-order valence-corrected chi connectivity index (χ0v) is 15.4. The molecule has 138 valence electrons. The lowest BCUT2D eigenvalue weighted by molar-refractivity contribution is -0.132. The van der Waals surface area contributed by atoms with Crippen LogP contribution in [0.25, 0.3) is 0 Å². The molecule has 2 rings (SSSR count). The molecular weight excluding hydrogens is 322 g/mol. The van der Waals surface area contributed by atoms with Crippen molar-refractivity contribution in [1.82, 2.24) is 9.80 Å². The molecule has 1 aliphatic heterocycles. The van der Waals surface area contributed by atoms with Gasteiger partial charge in [-0.3, -0.25) is 9.59 Å². The molecule has 1 aromatic rings. The Labute approximate surface area is 149 Å². The largest absolute Gasteiger partial charge is 0.493 e. The SMILES string of the molecule is COc1ccc(N(CCC(=O)N2CCN(C)CC2)C(C)=O)cc1OC. The van der Waals surface area contributed by atoms with Gasteiger partial charge in [0.2, 0.25) is 11.8 Å². The van der Waals surface area contributed by atoms with Crippen LogP contribution in [-0.2, 0) is 9.59 Å². The van der Waals surface area contributed by atoms with Crippen molar-refractivity contribution in [3.05, 3.63) is 18.2 Å². The maximum atomic E-state index is 12.4. The normalized spacial score (nSPS) is 15.0. The van der Waals surface area contributed by atoms with Gasteiger partial charge in [-0.1, -0.05) is 0 Å². The first-order valence-corrected chi connectivity index (χ1v) is 8.42. The van der Waals surface area contributed by atoms with E-state index in [1.54, 1.807) is 37.3 Å². The van der Waals surface area contributed by atoms with Gasteiger partial charge in [0.15, 0.2) is 11.5 Å². The molecule has 1 heterocycles. The van der Waals surface area contributed by atoms with E-state index < -0.39 is 0 Å². The molecule has 2 amide bonds. The van der Waals surface area contributed by atoms with E-state index in [9.17, 15) is 9.59 Å². The van der Waals surface area contributed by atoms with Crippen LogP contribution in [0.3, 0.4) is 0 Å². The Bertz CT molecular complexity index is 612. The lowest BCUT2D eigenvalue weighted by atomic mass is 10.2. The van der Waals surface area contributed by atoms with E-state index in [-0.39, 0.29) is 11.8 Å². The van der Waals surface area contributed by atoms with Crippen molar-refractivity contribution < 1.29 is 19.1 Å². The second-order valence-electron chi connectivity index (χ2n) is 6.14. The number of carbonyl (C=O) groups is 2. The van der Waals surface area contributed by atoms with Gasteiger partial charge in [-0.25, -0.2) is 0 Å². The maximum Gasteiger partial charge on any atom is 0.224 e. The van der Waals surface area contributed by atoms with Crippen molar-refractivity contribution in [1.29, 1.82) is 0 Å². The molecule has 1 saturated heterocycles. The predicted molar refractivity (Wildman–Crippen MR) is 96.3 cm³/mol. The summed E-state index contributed by atoms with van der Waals surface area (Å²) < 4.78 is 10.5. The van der Waals surface area contributed by atoms with Crippen LogP contribution in [0.15, 0.2) is 18.2 Å². The Morgan fingerprint density at radius 2 is 1.72 bits per heavy atom. The molecule has 7 nitrogen and oxygen atoms in total. The number of likely N-dealkylation sites (N-methyl/N-ethyl adjacent to an activating group) is 1. The number of methoxy groups -OCH3 is 2. The maximum absolute atomic E-state index is 12.4. The highest BCUT2D eigenvalue weighted by molar-refractivity contribution is 5.92. The van der Waals surface area contributed by atoms with E-state index >= 15 is 0 Å². The van der Waals surface area contributed by atoms with Crippen molar-refractivity contribution in [3.63, 3.8) is 0 Å². The summed E-state index contributed by atoms with van der Waals surface area (Å²) in [6, 6.07) is 5.30. The fourth-order valence-electron chi connectivity index (χ4n) is 2.88. The van der Waals surface area contributed by atoms with Gasteiger partial charge in [-0.05, 0) is 19.2 Å². The third kappa shape index (κ3) is 4.85. The van der Waals surface area contributed by atoms with Gasteiger partial charge in [0, 0.05) is 57.8 Å². The van der Waals surface area contributed by atoms with Gasteiger partial charge in [-0.2, -0.15) is 0 Å². The number of benzene rings is 1. The molecule has 0 aromatic heterocycles. The first kappa shape index (κ1) is 19.1. The van der Waals surface area contributed by atoms with Gasteiger partial charge in [0.1, 0.15) is 0 Å². The summed E-state index contributed by atoms with van der Waals surface area (Å²) in [7, 11) is 5.17. The molecule has 0 radical (unpaired) electrons. The van der Waals surface area contributed by atoms with E-state index in [2.05, 4.69) is 11.9 Å². The highest BCUT2D eigenvalue weighted by Gasteiger charge is 2.21. The van der Waals surface area contributed by atoms with Gasteiger partial charge in [0.05, 0.1) is 14.2 Å². The van der Waals surface area contributed by atoms with Crippen molar-refractivity contribution >= 4 is 17.5 Å². The Hall–Kier alpha value is -2.28. The van der Waals surface area contributed by atoms with Crippen LogP contribution in [0, 0.1) is 0 Å². The van der Waals surface area contributed by atoms with Crippen LogP contribution in [0.2, 0.25) is 0 Å². The Morgan fingerprint density at radius 1 is 1.08 bits per heavy atom. The minimum absolute atomic E-state index is 0.0832. The summed E-state index contributed by atoms with van der Waals surface area (Å²) in [6.07, 6.45) is 0.303. The molecular formula is C18H27N3O4. The van der Waals surface area contributed by atoms with Gasteiger partial charge < -0.3 is 24.2 Å². The molecule has 1 fully saturated rings. The van der Waals surface area contributed by atoms with Crippen molar-refractivity contribution in [3.8, 4) is 11.5 Å². The highest BCUT2D eigenvalue weighted by atomic mass is 16.5. The lowest BCUT2D eigenvalue weighted by Gasteiger charge is -2.33. The van der Waals surface area contributed by atoms with Gasteiger partial charge in [-0.15, -0.1) is 0 Å². The number of hydrogen-bond donors (Lipinski definition) is 0. The number of ether oxygens (including phenoxy) is 2. The summed E-state index contributed by atoms with van der Waals surface area (Å²) in [5.74, 6) is 1.12. The second-order valence-corrected chi connectivity index (χ2v) is 6.14. The van der Waals surface area contributed by atoms with Crippen molar-refractivity contribution in [2.75, 3.05) is 58.9 Å². The molecule has 0 aliphatic carbocycles. The quantitative estimate of drug-likeness (QED) is 0.773. The average Bonchev–Trinajstić information content (AvgIpc) is 2.61. The van der Waals surface area contributed by atoms with E-state index in [4.69, 9.17) is 9.47 Å². The predicted octanol–water partition coefficient (Wildman–Crippen LogP) is 1.22. The monoisotopic (exact) mass is 349 g/mol. The number of carbonyl (C=O) groups excluding carboxylic acids is 2. The van der Waals surface area contributed by atoms with Crippen LogP contribution in [0.4, 0.5) is 5.69 Å². The molecule has 1 aliphatic rings. The molecule has 1 aromatic carbocycles.